The lowest BCUT2D eigenvalue weighted by Crippen LogP contribution is -2.32. The molecule has 2 aromatic carbocycles. The first-order valence-electron chi connectivity index (χ1n) is 6.28. The Kier molecular flexibility index (Phi) is 6.03. The third kappa shape index (κ3) is 4.88. The minimum Gasteiger partial charge on any atom is -0.504 e. The van der Waals surface area contributed by atoms with Gasteiger partial charge in [-0.15, -0.1) is 0 Å². The number of phenolic OH excluding ortho intramolecular Hbond substituents is 4. The Hall–Kier alpha value is -2.93. The molecule has 0 amide bonds. The fourth-order valence-corrected chi connectivity index (χ4v) is 1.53. The lowest BCUT2D eigenvalue weighted by molar-refractivity contribution is -0.138. The Labute approximate surface area is 126 Å². The van der Waals surface area contributed by atoms with Crippen molar-refractivity contribution >= 4 is 5.97 Å². The molecule has 0 fully saturated rings. The molecule has 2 aromatic rings. The molecule has 7 nitrogen and oxygen atoms in total. The lowest BCUT2D eigenvalue weighted by Gasteiger charge is -2.08. The van der Waals surface area contributed by atoms with E-state index in [0.717, 1.165) is 0 Å². The van der Waals surface area contributed by atoms with Gasteiger partial charge in [-0.3, -0.25) is 4.79 Å². The van der Waals surface area contributed by atoms with E-state index in [1.54, 1.807) is 12.1 Å². The molecule has 7 heteroatoms. The Bertz CT molecular complexity index is 623. The molecule has 0 aliphatic heterocycles. The number of carboxylic acids is 1. The number of aliphatic carboxylic acids is 1. The molecule has 0 aromatic heterocycles. The molecule has 0 saturated carbocycles. The molecule has 1 unspecified atom stereocenters. The number of para-hydroxylation sites is 3. The molecule has 0 radical (unpaired) electrons. The van der Waals surface area contributed by atoms with E-state index in [2.05, 4.69) is 0 Å². The summed E-state index contributed by atoms with van der Waals surface area (Å²) in [6.07, 6.45) is -0.0183. The average molecular weight is 307 g/mol. The zero-order chi connectivity index (χ0) is 16.7. The fourth-order valence-electron chi connectivity index (χ4n) is 1.53. The van der Waals surface area contributed by atoms with Crippen molar-refractivity contribution in [1.82, 2.24) is 0 Å². The molecule has 2 rings (SSSR count). The minimum absolute atomic E-state index is 0.0183. The van der Waals surface area contributed by atoms with Crippen molar-refractivity contribution in [2.75, 3.05) is 0 Å². The molecule has 0 saturated heterocycles. The first kappa shape index (κ1) is 17.1. The van der Waals surface area contributed by atoms with Gasteiger partial charge in [-0.2, -0.15) is 0 Å². The smallest absolute Gasteiger partial charge is 0.320 e. The van der Waals surface area contributed by atoms with E-state index in [-0.39, 0.29) is 29.4 Å². The van der Waals surface area contributed by atoms with Gasteiger partial charge in [-0.1, -0.05) is 24.3 Å². The number of aromatic hydroxyl groups is 4. The molecule has 1 atom stereocenters. The van der Waals surface area contributed by atoms with Gasteiger partial charge in [0.2, 0.25) is 0 Å². The van der Waals surface area contributed by atoms with Crippen LogP contribution in [0.3, 0.4) is 0 Å². The number of hydrogen-bond acceptors (Lipinski definition) is 6. The molecule has 0 spiro atoms. The molecular formula is C15H17NO6. The fraction of sp³-hybridized carbons (Fsp3) is 0.133. The largest absolute Gasteiger partial charge is 0.504 e. The number of carbonyl (C=O) groups is 1. The summed E-state index contributed by atoms with van der Waals surface area (Å²) in [5, 5.41) is 44.3. The van der Waals surface area contributed by atoms with Gasteiger partial charge in [-0.25, -0.2) is 0 Å². The predicted molar refractivity (Wildman–Crippen MR) is 78.9 cm³/mol. The third-order valence-corrected chi connectivity index (χ3v) is 2.74. The molecule has 22 heavy (non-hydrogen) atoms. The summed E-state index contributed by atoms with van der Waals surface area (Å²) in [5.74, 6) is -1.89. The number of rotatable bonds is 3. The molecular weight excluding hydrogens is 290 g/mol. The molecule has 0 bridgehead atoms. The summed E-state index contributed by atoms with van der Waals surface area (Å²) < 4.78 is 0. The maximum absolute atomic E-state index is 10.4. The van der Waals surface area contributed by atoms with Crippen LogP contribution in [-0.4, -0.2) is 37.5 Å². The number of nitrogens with two attached hydrogens (primary N) is 1. The minimum atomic E-state index is -1.15. The van der Waals surface area contributed by atoms with Crippen LogP contribution < -0.4 is 5.73 Å². The summed E-state index contributed by atoms with van der Waals surface area (Å²) in [4.78, 5) is 10.4. The summed E-state index contributed by atoms with van der Waals surface area (Å²) in [6.45, 7) is 0. The number of hydrogen-bond donors (Lipinski definition) is 6. The number of benzene rings is 2. The third-order valence-electron chi connectivity index (χ3n) is 2.74. The monoisotopic (exact) mass is 307 g/mol. The van der Waals surface area contributed by atoms with Crippen molar-refractivity contribution in [2.45, 2.75) is 12.5 Å². The average Bonchev–Trinajstić information content (AvgIpc) is 2.47. The van der Waals surface area contributed by atoms with Crippen LogP contribution in [0.5, 0.6) is 23.0 Å². The van der Waals surface area contributed by atoms with Crippen molar-refractivity contribution in [2.24, 2.45) is 5.73 Å². The second kappa shape index (κ2) is 7.75. The van der Waals surface area contributed by atoms with E-state index in [1.165, 1.54) is 30.3 Å². The summed E-state index contributed by atoms with van der Waals surface area (Å²) in [5.41, 5.74) is 5.59. The molecule has 0 aliphatic rings. The van der Waals surface area contributed by atoms with Gasteiger partial charge < -0.3 is 31.3 Å². The van der Waals surface area contributed by atoms with Crippen molar-refractivity contribution < 1.29 is 30.3 Å². The molecule has 7 N–H and O–H groups in total. The van der Waals surface area contributed by atoms with Gasteiger partial charge in [0.15, 0.2) is 23.0 Å². The predicted octanol–water partition coefficient (Wildman–Crippen LogP) is 1.15. The van der Waals surface area contributed by atoms with E-state index in [0.29, 0.717) is 5.56 Å². The zero-order valence-corrected chi connectivity index (χ0v) is 11.5. The van der Waals surface area contributed by atoms with Gasteiger partial charge in [0, 0.05) is 6.42 Å². The summed E-state index contributed by atoms with van der Waals surface area (Å²) in [7, 11) is 0. The highest BCUT2D eigenvalue weighted by Crippen LogP contribution is 2.28. The van der Waals surface area contributed by atoms with Crippen LogP contribution in [0.15, 0.2) is 42.5 Å². The normalized spacial score (nSPS) is 11.1. The van der Waals surface area contributed by atoms with E-state index in [1.807, 2.05) is 0 Å². The van der Waals surface area contributed by atoms with Crippen LogP contribution in [0.1, 0.15) is 5.56 Å². The Balaban J connectivity index is 0.000000255. The van der Waals surface area contributed by atoms with Crippen LogP contribution >= 0.6 is 0 Å². The number of carboxylic acid groups (broad SMARTS) is 1. The van der Waals surface area contributed by atoms with Gasteiger partial charge in [0.25, 0.3) is 0 Å². The first-order valence-corrected chi connectivity index (χ1v) is 6.28. The standard InChI is InChI=1S/C9H11NO4.C6H6O2/c10-6(9(13)14)4-5-2-1-3-7(11)8(5)12;7-5-3-1-2-4-6(5)8/h1-3,6,11-12H,4,10H2,(H,13,14);1-4,7-8H. The van der Waals surface area contributed by atoms with E-state index in [4.69, 9.17) is 26.2 Å². The van der Waals surface area contributed by atoms with E-state index in [9.17, 15) is 9.90 Å². The molecule has 118 valence electrons. The zero-order valence-electron chi connectivity index (χ0n) is 11.5. The van der Waals surface area contributed by atoms with Crippen LogP contribution in [0.4, 0.5) is 0 Å². The maximum atomic E-state index is 10.4. The molecule has 0 heterocycles. The second-order valence-electron chi connectivity index (χ2n) is 4.42. The Morgan fingerprint density at radius 1 is 0.909 bits per heavy atom. The highest BCUT2D eigenvalue weighted by Gasteiger charge is 2.15. The van der Waals surface area contributed by atoms with Crippen molar-refractivity contribution in [3.05, 3.63) is 48.0 Å². The van der Waals surface area contributed by atoms with Crippen LogP contribution in [-0.2, 0) is 11.2 Å². The highest BCUT2D eigenvalue weighted by molar-refractivity contribution is 5.73. The first-order chi connectivity index (χ1) is 10.3. The maximum Gasteiger partial charge on any atom is 0.320 e. The van der Waals surface area contributed by atoms with Crippen molar-refractivity contribution in [3.63, 3.8) is 0 Å². The Morgan fingerprint density at radius 3 is 1.86 bits per heavy atom. The van der Waals surface area contributed by atoms with Crippen LogP contribution in [0.2, 0.25) is 0 Å². The van der Waals surface area contributed by atoms with Crippen LogP contribution in [0.25, 0.3) is 0 Å². The topological polar surface area (TPSA) is 144 Å². The summed E-state index contributed by atoms with van der Waals surface area (Å²) >= 11 is 0. The Morgan fingerprint density at radius 2 is 1.41 bits per heavy atom. The second-order valence-corrected chi connectivity index (χ2v) is 4.42. The SMILES string of the molecule is NC(Cc1cccc(O)c1O)C(=O)O.Oc1ccccc1O. The van der Waals surface area contributed by atoms with E-state index >= 15 is 0 Å². The quantitative estimate of drug-likeness (QED) is 0.466. The van der Waals surface area contributed by atoms with Crippen molar-refractivity contribution in [1.29, 1.82) is 0 Å². The van der Waals surface area contributed by atoms with Gasteiger partial charge in [0.1, 0.15) is 6.04 Å². The molecule has 0 aliphatic carbocycles. The van der Waals surface area contributed by atoms with Gasteiger partial charge in [-0.05, 0) is 23.8 Å². The highest BCUT2D eigenvalue weighted by atomic mass is 16.4. The van der Waals surface area contributed by atoms with E-state index < -0.39 is 12.0 Å². The van der Waals surface area contributed by atoms with Gasteiger partial charge in [0.05, 0.1) is 0 Å². The lowest BCUT2D eigenvalue weighted by atomic mass is 10.1. The summed E-state index contributed by atoms with van der Waals surface area (Å²) in [6, 6.07) is 9.40. The van der Waals surface area contributed by atoms with Gasteiger partial charge >= 0.3 is 5.97 Å². The van der Waals surface area contributed by atoms with Crippen LogP contribution in [0, 0.1) is 0 Å². The number of phenols is 4. The van der Waals surface area contributed by atoms with Crippen molar-refractivity contribution in [3.8, 4) is 23.0 Å².